The van der Waals surface area contributed by atoms with E-state index in [0.29, 0.717) is 5.56 Å². The van der Waals surface area contributed by atoms with Crippen LogP contribution in [0, 0.1) is 0 Å². The first kappa shape index (κ1) is 9.66. The molecule has 0 amide bonds. The Morgan fingerprint density at radius 2 is 2.06 bits per heavy atom. The molecule has 0 radical (unpaired) electrons. The molecule has 1 aromatic rings. The number of phenols is 1. The minimum absolute atomic E-state index is 0.113. The molecule has 0 saturated carbocycles. The molecule has 0 bridgehead atoms. The van der Waals surface area contributed by atoms with E-state index in [2.05, 4.69) is 5.32 Å². The number of phenolic OH excluding ortho intramolecular Hbond substituents is 1. The van der Waals surface area contributed by atoms with Crippen LogP contribution < -0.4 is 5.32 Å². The second-order valence-corrected chi connectivity index (χ2v) is 4.36. The number of hydrogen-bond donors (Lipinski definition) is 2. The van der Waals surface area contributed by atoms with Gasteiger partial charge >= 0.3 is 5.97 Å². The van der Waals surface area contributed by atoms with Crippen molar-refractivity contribution in [3.8, 4) is 5.75 Å². The van der Waals surface area contributed by atoms with E-state index < -0.39 is 5.60 Å². The monoisotopic (exact) mass is 219 g/mol. The number of fused-ring (bicyclic) bond motifs is 2. The molecule has 2 aliphatic rings. The standard InChI is InChI=1S/C12H13NO3/c14-8-1-2-10-9(7-8)11(15)16-12(10)3-5-13-6-4-12/h1-2,7,13-14H,3-6H2. The molecule has 84 valence electrons. The molecule has 4 nitrogen and oxygen atoms in total. The molecule has 0 atom stereocenters. The molecule has 1 spiro atoms. The van der Waals surface area contributed by atoms with Crippen LogP contribution >= 0.6 is 0 Å². The van der Waals surface area contributed by atoms with Gasteiger partial charge in [0.1, 0.15) is 11.4 Å². The molecule has 4 heteroatoms. The van der Waals surface area contributed by atoms with Gasteiger partial charge in [-0.3, -0.25) is 0 Å². The summed E-state index contributed by atoms with van der Waals surface area (Å²) in [5, 5.41) is 12.6. The summed E-state index contributed by atoms with van der Waals surface area (Å²) in [4.78, 5) is 11.7. The molecule has 16 heavy (non-hydrogen) atoms. The summed E-state index contributed by atoms with van der Waals surface area (Å²) in [6.07, 6.45) is 1.60. The van der Waals surface area contributed by atoms with Gasteiger partial charge in [0.05, 0.1) is 5.56 Å². The topological polar surface area (TPSA) is 58.6 Å². The van der Waals surface area contributed by atoms with Crippen LogP contribution in [0.5, 0.6) is 5.75 Å². The zero-order valence-electron chi connectivity index (χ0n) is 8.82. The van der Waals surface area contributed by atoms with Gasteiger partial charge in [-0.05, 0) is 25.2 Å². The highest BCUT2D eigenvalue weighted by molar-refractivity contribution is 5.95. The fraction of sp³-hybridized carbons (Fsp3) is 0.417. The van der Waals surface area contributed by atoms with Crippen LogP contribution in [0.15, 0.2) is 18.2 Å². The third kappa shape index (κ3) is 1.23. The predicted octanol–water partition coefficient (Wildman–Crippen LogP) is 1.14. The van der Waals surface area contributed by atoms with Crippen molar-refractivity contribution in [1.82, 2.24) is 5.32 Å². The van der Waals surface area contributed by atoms with E-state index in [9.17, 15) is 9.90 Å². The average Bonchev–Trinajstić information content (AvgIpc) is 2.53. The summed E-state index contributed by atoms with van der Waals surface area (Å²) < 4.78 is 5.53. The highest BCUT2D eigenvalue weighted by atomic mass is 16.6. The van der Waals surface area contributed by atoms with Crippen molar-refractivity contribution in [2.24, 2.45) is 0 Å². The lowest BCUT2D eigenvalue weighted by molar-refractivity contribution is -0.0241. The van der Waals surface area contributed by atoms with Crippen LogP contribution in [-0.4, -0.2) is 24.2 Å². The first-order chi connectivity index (χ1) is 7.71. The lowest BCUT2D eigenvalue weighted by Gasteiger charge is -2.33. The van der Waals surface area contributed by atoms with E-state index in [4.69, 9.17) is 4.74 Å². The summed E-state index contributed by atoms with van der Waals surface area (Å²) in [5.41, 5.74) is 0.990. The molecule has 1 fully saturated rings. The molecule has 2 aliphatic heterocycles. The zero-order valence-corrected chi connectivity index (χ0v) is 8.82. The smallest absolute Gasteiger partial charge is 0.339 e. The van der Waals surface area contributed by atoms with Crippen molar-refractivity contribution in [3.05, 3.63) is 29.3 Å². The molecular weight excluding hydrogens is 206 g/mol. The van der Waals surface area contributed by atoms with Crippen molar-refractivity contribution >= 4 is 5.97 Å². The van der Waals surface area contributed by atoms with Crippen molar-refractivity contribution in [2.75, 3.05) is 13.1 Å². The second kappa shape index (κ2) is 3.22. The Morgan fingerprint density at radius 1 is 1.31 bits per heavy atom. The first-order valence-electron chi connectivity index (χ1n) is 5.49. The molecule has 0 unspecified atom stereocenters. The van der Waals surface area contributed by atoms with Crippen molar-refractivity contribution < 1.29 is 14.6 Å². The van der Waals surface area contributed by atoms with E-state index in [0.717, 1.165) is 31.5 Å². The summed E-state index contributed by atoms with van der Waals surface area (Å²) in [6.45, 7) is 1.71. The Morgan fingerprint density at radius 3 is 2.81 bits per heavy atom. The van der Waals surface area contributed by atoms with Crippen molar-refractivity contribution in [1.29, 1.82) is 0 Å². The highest BCUT2D eigenvalue weighted by Crippen LogP contribution is 2.43. The maximum absolute atomic E-state index is 11.7. The van der Waals surface area contributed by atoms with Crippen LogP contribution in [-0.2, 0) is 10.3 Å². The first-order valence-corrected chi connectivity index (χ1v) is 5.49. The number of benzene rings is 1. The number of carbonyl (C=O) groups excluding carboxylic acids is 1. The van der Waals surface area contributed by atoms with Gasteiger partial charge in [-0.25, -0.2) is 4.79 Å². The molecule has 0 aromatic heterocycles. The van der Waals surface area contributed by atoms with E-state index in [1.165, 1.54) is 6.07 Å². The maximum Gasteiger partial charge on any atom is 0.339 e. The summed E-state index contributed by atoms with van der Waals surface area (Å²) in [6, 6.07) is 4.92. The Balaban J connectivity index is 2.11. The number of hydrogen-bond acceptors (Lipinski definition) is 4. The second-order valence-electron chi connectivity index (χ2n) is 4.36. The van der Waals surface area contributed by atoms with E-state index in [1.807, 2.05) is 0 Å². The van der Waals surface area contributed by atoms with Crippen LogP contribution in [0.3, 0.4) is 0 Å². The third-order valence-corrected chi connectivity index (χ3v) is 3.41. The van der Waals surface area contributed by atoms with Gasteiger partial charge in [0.25, 0.3) is 0 Å². The van der Waals surface area contributed by atoms with E-state index in [1.54, 1.807) is 12.1 Å². The molecule has 1 saturated heterocycles. The molecule has 0 aliphatic carbocycles. The SMILES string of the molecule is O=C1OC2(CCNCC2)c2ccc(O)cc21. The van der Waals surface area contributed by atoms with E-state index in [-0.39, 0.29) is 11.7 Å². The lowest BCUT2D eigenvalue weighted by Crippen LogP contribution is -2.39. The van der Waals surface area contributed by atoms with Crippen molar-refractivity contribution in [3.63, 3.8) is 0 Å². The average molecular weight is 219 g/mol. The molecular formula is C12H13NO3. The Bertz CT molecular complexity index is 450. The van der Waals surface area contributed by atoms with Crippen LogP contribution in [0.4, 0.5) is 0 Å². The van der Waals surface area contributed by atoms with Gasteiger partial charge in [0.2, 0.25) is 0 Å². The number of nitrogens with one attached hydrogen (secondary N) is 1. The summed E-state index contributed by atoms with van der Waals surface area (Å²) >= 11 is 0. The van der Waals surface area contributed by atoms with Gasteiger partial charge in [0, 0.05) is 18.4 Å². The fourth-order valence-electron chi connectivity index (χ4n) is 2.59. The molecule has 2 N–H and O–H groups in total. The van der Waals surface area contributed by atoms with E-state index >= 15 is 0 Å². The van der Waals surface area contributed by atoms with Gasteiger partial charge in [0.15, 0.2) is 0 Å². The van der Waals surface area contributed by atoms with Crippen LogP contribution in [0.25, 0.3) is 0 Å². The lowest BCUT2D eigenvalue weighted by atomic mass is 9.84. The normalized spacial score (nSPS) is 21.9. The largest absolute Gasteiger partial charge is 0.508 e. The Hall–Kier alpha value is -1.55. The van der Waals surface area contributed by atoms with Gasteiger partial charge in [-0.2, -0.15) is 0 Å². The molecule has 1 aromatic carbocycles. The quantitative estimate of drug-likeness (QED) is 0.642. The van der Waals surface area contributed by atoms with Crippen LogP contribution in [0.1, 0.15) is 28.8 Å². The summed E-state index contributed by atoms with van der Waals surface area (Å²) in [5.74, 6) is -0.200. The zero-order chi connectivity index (χ0) is 11.2. The van der Waals surface area contributed by atoms with Crippen LogP contribution in [0.2, 0.25) is 0 Å². The Kier molecular flexibility index (Phi) is 1.94. The predicted molar refractivity (Wildman–Crippen MR) is 57.3 cm³/mol. The minimum atomic E-state index is -0.453. The highest BCUT2D eigenvalue weighted by Gasteiger charge is 2.45. The third-order valence-electron chi connectivity index (χ3n) is 3.41. The fourth-order valence-corrected chi connectivity index (χ4v) is 2.59. The number of esters is 1. The van der Waals surface area contributed by atoms with Gasteiger partial charge in [-0.1, -0.05) is 6.07 Å². The number of piperidine rings is 1. The van der Waals surface area contributed by atoms with Gasteiger partial charge < -0.3 is 15.2 Å². The number of ether oxygens (including phenoxy) is 1. The number of carbonyl (C=O) groups is 1. The molecule has 3 rings (SSSR count). The number of rotatable bonds is 0. The molecule has 2 heterocycles. The maximum atomic E-state index is 11.7. The van der Waals surface area contributed by atoms with Gasteiger partial charge in [-0.15, -0.1) is 0 Å². The minimum Gasteiger partial charge on any atom is -0.508 e. The Labute approximate surface area is 93.2 Å². The number of aromatic hydroxyl groups is 1. The van der Waals surface area contributed by atoms with Crippen molar-refractivity contribution in [2.45, 2.75) is 18.4 Å². The summed E-state index contributed by atoms with van der Waals surface area (Å²) in [7, 11) is 0.